The number of benzene rings is 1. The van der Waals surface area contributed by atoms with Gasteiger partial charge in [0.2, 0.25) is 0 Å². The van der Waals surface area contributed by atoms with E-state index in [1.54, 1.807) is 0 Å². The molecular weight excluding hydrogens is 271 g/mol. The number of carbonyl (C=O) groups is 1. The normalized spacial score (nSPS) is 15.1. The summed E-state index contributed by atoms with van der Waals surface area (Å²) in [7, 11) is 0. The van der Waals surface area contributed by atoms with Crippen molar-refractivity contribution in [2.45, 2.75) is 6.42 Å². The molecule has 0 unspecified atom stereocenters. The van der Waals surface area contributed by atoms with E-state index in [-0.39, 0.29) is 28.4 Å². The van der Waals surface area contributed by atoms with Crippen molar-refractivity contribution in [3.05, 3.63) is 35.3 Å². The van der Waals surface area contributed by atoms with Gasteiger partial charge in [-0.15, -0.1) is 0 Å². The van der Waals surface area contributed by atoms with Crippen molar-refractivity contribution in [1.82, 2.24) is 5.32 Å². The van der Waals surface area contributed by atoms with E-state index >= 15 is 0 Å². The number of phenolic OH excluding ortho intramolecular Hbond substituents is 1. The molecule has 1 amide bonds. The zero-order valence-corrected chi connectivity index (χ0v) is 10.6. The minimum absolute atomic E-state index is 0.0312. The molecule has 4 N–H and O–H groups in total. The number of para-hydroxylation sites is 1. The highest BCUT2D eigenvalue weighted by molar-refractivity contribution is 7.81. The molecule has 0 saturated heterocycles. The van der Waals surface area contributed by atoms with Crippen molar-refractivity contribution in [2.24, 2.45) is 0 Å². The molecule has 19 heavy (non-hydrogen) atoms. The molecule has 0 aromatic heterocycles. The van der Waals surface area contributed by atoms with Crippen molar-refractivity contribution in [2.75, 3.05) is 11.9 Å². The van der Waals surface area contributed by atoms with Crippen LogP contribution in [0.3, 0.4) is 0 Å². The number of thiocarbonyl (C=S) groups is 1. The predicted octanol–water partition coefficient (Wildman–Crippen LogP) is 1.60. The molecule has 0 atom stereocenters. The Morgan fingerprint density at radius 3 is 2.84 bits per heavy atom. The molecule has 7 heteroatoms. The highest BCUT2D eigenvalue weighted by Crippen LogP contribution is 2.27. The van der Waals surface area contributed by atoms with E-state index in [1.807, 2.05) is 0 Å². The van der Waals surface area contributed by atoms with Gasteiger partial charge in [-0.2, -0.15) is 0 Å². The summed E-state index contributed by atoms with van der Waals surface area (Å²) in [6, 6.07) is 3.88. The van der Waals surface area contributed by atoms with E-state index in [2.05, 4.69) is 10.6 Å². The SMILES string of the molecule is O=C1NCCC(O)=C1C(=S)Nc1cccc(F)c1O. The van der Waals surface area contributed by atoms with Gasteiger partial charge in [-0.3, -0.25) is 4.79 Å². The summed E-state index contributed by atoms with van der Waals surface area (Å²) >= 11 is 4.99. The van der Waals surface area contributed by atoms with E-state index in [0.29, 0.717) is 6.54 Å². The molecule has 0 fully saturated rings. The van der Waals surface area contributed by atoms with E-state index < -0.39 is 17.5 Å². The second kappa shape index (κ2) is 5.23. The summed E-state index contributed by atoms with van der Waals surface area (Å²) in [6.45, 7) is 0.335. The number of aliphatic hydroxyl groups excluding tert-OH is 1. The Morgan fingerprint density at radius 2 is 2.16 bits per heavy atom. The molecule has 0 bridgehead atoms. The van der Waals surface area contributed by atoms with Gasteiger partial charge in [-0.25, -0.2) is 4.39 Å². The average Bonchev–Trinajstić information content (AvgIpc) is 2.35. The summed E-state index contributed by atoms with van der Waals surface area (Å²) < 4.78 is 13.2. The Balaban J connectivity index is 2.26. The van der Waals surface area contributed by atoms with Crippen LogP contribution < -0.4 is 10.6 Å². The molecular formula is C12H11FN2O3S. The van der Waals surface area contributed by atoms with Crippen molar-refractivity contribution in [3.63, 3.8) is 0 Å². The first kappa shape index (κ1) is 13.3. The number of anilines is 1. The van der Waals surface area contributed by atoms with E-state index in [1.165, 1.54) is 12.1 Å². The minimum Gasteiger partial charge on any atom is -0.511 e. The molecule has 2 rings (SSSR count). The highest BCUT2D eigenvalue weighted by Gasteiger charge is 2.24. The zero-order chi connectivity index (χ0) is 14.0. The van der Waals surface area contributed by atoms with Gasteiger partial charge in [-0.1, -0.05) is 18.3 Å². The second-order valence-corrected chi connectivity index (χ2v) is 4.33. The first-order chi connectivity index (χ1) is 9.00. The standard InChI is InChI=1S/C12H11FN2O3S/c13-6-2-1-3-7(10(6)17)15-12(19)9-8(16)4-5-14-11(9)18/h1-3,16-17H,4-5H2,(H,14,18)(H,15,19). The molecule has 1 aliphatic heterocycles. The molecule has 0 aliphatic carbocycles. The average molecular weight is 282 g/mol. The smallest absolute Gasteiger partial charge is 0.257 e. The monoisotopic (exact) mass is 282 g/mol. The molecule has 100 valence electrons. The Bertz CT molecular complexity index is 586. The Morgan fingerprint density at radius 1 is 1.42 bits per heavy atom. The number of halogens is 1. The van der Waals surface area contributed by atoms with E-state index in [4.69, 9.17) is 12.2 Å². The van der Waals surface area contributed by atoms with Crippen molar-refractivity contribution in [1.29, 1.82) is 0 Å². The number of aromatic hydroxyl groups is 1. The Hall–Kier alpha value is -2.15. The van der Waals surface area contributed by atoms with Gasteiger partial charge in [-0.05, 0) is 12.1 Å². The van der Waals surface area contributed by atoms with Gasteiger partial charge in [0.25, 0.3) is 5.91 Å². The maximum absolute atomic E-state index is 13.2. The highest BCUT2D eigenvalue weighted by atomic mass is 32.1. The number of rotatable bonds is 2. The van der Waals surface area contributed by atoms with Crippen LogP contribution in [-0.4, -0.2) is 27.7 Å². The molecule has 1 aliphatic rings. The van der Waals surface area contributed by atoms with Gasteiger partial charge in [0.05, 0.1) is 5.69 Å². The number of phenols is 1. The zero-order valence-electron chi connectivity index (χ0n) is 9.74. The number of hydrogen-bond donors (Lipinski definition) is 4. The fourth-order valence-electron chi connectivity index (χ4n) is 1.67. The molecule has 0 saturated carbocycles. The Labute approximate surface area is 113 Å². The van der Waals surface area contributed by atoms with Gasteiger partial charge in [0.15, 0.2) is 11.6 Å². The number of hydrogen-bond acceptors (Lipinski definition) is 4. The fraction of sp³-hybridized carbons (Fsp3) is 0.167. The van der Waals surface area contributed by atoms with Gasteiger partial charge in [0.1, 0.15) is 16.3 Å². The third-order valence-corrected chi connectivity index (χ3v) is 2.93. The summed E-state index contributed by atoms with van der Waals surface area (Å²) in [5, 5.41) is 24.2. The number of carbonyl (C=O) groups excluding carboxylic acids is 1. The van der Waals surface area contributed by atoms with Crippen LogP contribution in [0, 0.1) is 5.82 Å². The van der Waals surface area contributed by atoms with Crippen LogP contribution in [0.4, 0.5) is 10.1 Å². The summed E-state index contributed by atoms with van der Waals surface area (Å²) in [5.41, 5.74) is -0.0337. The van der Waals surface area contributed by atoms with Crippen LogP contribution in [0.5, 0.6) is 5.75 Å². The van der Waals surface area contributed by atoms with Crippen LogP contribution in [0.25, 0.3) is 0 Å². The summed E-state index contributed by atoms with van der Waals surface area (Å²) in [4.78, 5) is 11.5. The predicted molar refractivity (Wildman–Crippen MR) is 71.6 cm³/mol. The first-order valence-corrected chi connectivity index (χ1v) is 5.90. The van der Waals surface area contributed by atoms with Crippen LogP contribution in [-0.2, 0) is 4.79 Å². The quantitative estimate of drug-likeness (QED) is 0.489. The number of nitrogens with one attached hydrogen (secondary N) is 2. The maximum atomic E-state index is 13.2. The second-order valence-electron chi connectivity index (χ2n) is 3.92. The topological polar surface area (TPSA) is 81.6 Å². The van der Waals surface area contributed by atoms with Crippen molar-refractivity contribution in [3.8, 4) is 5.75 Å². The maximum Gasteiger partial charge on any atom is 0.257 e. The summed E-state index contributed by atoms with van der Waals surface area (Å²) in [6.07, 6.45) is 0.276. The number of aliphatic hydroxyl groups is 1. The van der Waals surface area contributed by atoms with Crippen LogP contribution >= 0.6 is 12.2 Å². The largest absolute Gasteiger partial charge is 0.511 e. The van der Waals surface area contributed by atoms with Gasteiger partial charge in [0, 0.05) is 13.0 Å². The molecule has 5 nitrogen and oxygen atoms in total. The summed E-state index contributed by atoms with van der Waals surface area (Å²) in [5.74, 6) is -2.03. The lowest BCUT2D eigenvalue weighted by atomic mass is 10.1. The number of amides is 1. The molecule has 0 radical (unpaired) electrons. The van der Waals surface area contributed by atoms with E-state index in [0.717, 1.165) is 6.07 Å². The van der Waals surface area contributed by atoms with E-state index in [9.17, 15) is 19.4 Å². The molecule has 1 heterocycles. The minimum atomic E-state index is -0.806. The lowest BCUT2D eigenvalue weighted by Gasteiger charge is -2.18. The van der Waals surface area contributed by atoms with Gasteiger partial charge >= 0.3 is 0 Å². The van der Waals surface area contributed by atoms with Crippen LogP contribution in [0.2, 0.25) is 0 Å². The molecule has 0 spiro atoms. The third kappa shape index (κ3) is 2.65. The fourth-order valence-corrected chi connectivity index (χ4v) is 1.99. The third-order valence-electron chi connectivity index (χ3n) is 2.63. The van der Waals surface area contributed by atoms with Crippen molar-refractivity contribution >= 4 is 28.8 Å². The molecule has 1 aromatic carbocycles. The first-order valence-electron chi connectivity index (χ1n) is 5.50. The van der Waals surface area contributed by atoms with Crippen LogP contribution in [0.15, 0.2) is 29.5 Å². The lowest BCUT2D eigenvalue weighted by Crippen LogP contribution is -2.36. The Kier molecular flexibility index (Phi) is 3.66. The lowest BCUT2D eigenvalue weighted by molar-refractivity contribution is -0.117. The van der Waals surface area contributed by atoms with Gasteiger partial charge < -0.3 is 20.8 Å². The molecule has 1 aromatic rings. The van der Waals surface area contributed by atoms with Crippen molar-refractivity contribution < 1.29 is 19.4 Å². The van der Waals surface area contributed by atoms with Crippen LogP contribution in [0.1, 0.15) is 6.42 Å².